The zero-order valence-corrected chi connectivity index (χ0v) is 41.0. The van der Waals surface area contributed by atoms with E-state index < -0.39 is 173 Å². The summed E-state index contributed by atoms with van der Waals surface area (Å²) in [6, 6.07) is 6.08. The van der Waals surface area contributed by atoms with Crippen LogP contribution in [0.1, 0.15) is 32.3 Å². The fourth-order valence-corrected chi connectivity index (χ4v) is 8.88. The zero-order valence-electron chi connectivity index (χ0n) is 41.0. The first-order valence-electron chi connectivity index (χ1n) is 23.7. The van der Waals surface area contributed by atoms with Crippen LogP contribution in [0.25, 0.3) is 0 Å². The van der Waals surface area contributed by atoms with Gasteiger partial charge in [0.25, 0.3) is 0 Å². The second-order valence-electron chi connectivity index (χ2n) is 17.8. The van der Waals surface area contributed by atoms with E-state index in [1.165, 1.54) is 38.1 Å². The van der Waals surface area contributed by atoms with E-state index in [1.54, 1.807) is 12.1 Å². The van der Waals surface area contributed by atoms with Gasteiger partial charge in [0.05, 0.1) is 70.6 Å². The maximum absolute atomic E-state index is 14.0. The molecule has 0 aromatic heterocycles. The molecule has 27 nitrogen and oxygen atoms in total. The number of hydrogen-bond donors (Lipinski definition) is 11. The largest absolute Gasteiger partial charge is 0.508 e. The molecule has 5 aliphatic rings. The van der Waals surface area contributed by atoms with Crippen molar-refractivity contribution < 1.29 is 132 Å². The third-order valence-corrected chi connectivity index (χ3v) is 13.1. The van der Waals surface area contributed by atoms with Gasteiger partial charge in [0.1, 0.15) is 79.5 Å². The van der Waals surface area contributed by atoms with Crippen molar-refractivity contribution >= 4 is 23.9 Å². The molecule has 3 saturated heterocycles. The smallest absolute Gasteiger partial charge is 0.337 e. The lowest BCUT2D eigenvalue weighted by atomic mass is 9.86. The molecule has 0 saturated carbocycles. The maximum Gasteiger partial charge on any atom is 0.337 e. The van der Waals surface area contributed by atoms with Gasteiger partial charge in [0.15, 0.2) is 25.0 Å². The number of rotatable bonds is 19. The summed E-state index contributed by atoms with van der Waals surface area (Å²) in [6.45, 7) is 0.552. The van der Waals surface area contributed by atoms with E-state index in [9.17, 15) is 75.3 Å². The van der Waals surface area contributed by atoms with Crippen LogP contribution in [0.5, 0.6) is 5.75 Å². The summed E-state index contributed by atoms with van der Waals surface area (Å²) < 4.78 is 66.8. The number of phenolic OH excluding ortho intramolecular Hbond substituents is 1. The fourth-order valence-electron chi connectivity index (χ4n) is 8.88. The van der Waals surface area contributed by atoms with Gasteiger partial charge in [-0.1, -0.05) is 24.3 Å². The molecule has 0 spiro atoms. The summed E-state index contributed by atoms with van der Waals surface area (Å²) in [5, 5.41) is 114. The van der Waals surface area contributed by atoms with Crippen molar-refractivity contribution in [3.8, 4) is 5.75 Å². The number of benzene rings is 1. The molecule has 27 heteroatoms. The summed E-state index contributed by atoms with van der Waals surface area (Å²) in [4.78, 5) is 53.6. The Morgan fingerprint density at radius 3 is 1.49 bits per heavy atom. The van der Waals surface area contributed by atoms with E-state index in [4.69, 9.17) is 56.8 Å². The highest BCUT2D eigenvalue weighted by molar-refractivity contribution is 5.91. The van der Waals surface area contributed by atoms with Crippen molar-refractivity contribution in [2.24, 2.45) is 11.8 Å². The van der Waals surface area contributed by atoms with Crippen molar-refractivity contribution in [1.29, 1.82) is 0 Å². The molecule has 1 aromatic carbocycles. The van der Waals surface area contributed by atoms with Crippen LogP contribution in [0.2, 0.25) is 0 Å². The Morgan fingerprint density at radius 1 is 0.587 bits per heavy atom. The van der Waals surface area contributed by atoms with Gasteiger partial charge in [0.2, 0.25) is 12.6 Å². The number of aromatic hydroxyl groups is 1. The molecule has 5 aliphatic heterocycles. The number of methoxy groups -OCH3 is 2. The maximum atomic E-state index is 14.0. The van der Waals surface area contributed by atoms with Gasteiger partial charge in [0, 0.05) is 23.0 Å². The molecule has 3 fully saturated rings. The average Bonchev–Trinajstić information content (AvgIpc) is 3.40. The SMILES string of the molecule is C/C=C1\C(OC2OC(CO)C(O)C(O)C2O)OC=C(C(=O)OC)C1CC(=O)OCC1OC(OCCc2ccc(O)cc2)C(OC(=O)CC2C(C(=O)OC)=COC(OC3OC(CO)C(O)C(O)C3O)/C2=C\C)C(O)C1O. The van der Waals surface area contributed by atoms with Crippen LogP contribution >= 0.6 is 0 Å². The first kappa shape index (κ1) is 59.1. The molecular formula is C48H64O27. The van der Waals surface area contributed by atoms with E-state index in [0.29, 0.717) is 5.56 Å². The Balaban J connectivity index is 1.17. The lowest BCUT2D eigenvalue weighted by Gasteiger charge is -2.42. The summed E-state index contributed by atoms with van der Waals surface area (Å²) in [5.41, 5.74) is 0.466. The van der Waals surface area contributed by atoms with Gasteiger partial charge < -0.3 is 113 Å². The third-order valence-electron chi connectivity index (χ3n) is 13.1. The lowest BCUT2D eigenvalue weighted by Crippen LogP contribution is -2.61. The number of esters is 4. The Hall–Kier alpha value is -5.18. The van der Waals surface area contributed by atoms with E-state index in [0.717, 1.165) is 26.7 Å². The standard InChI is InChI=1S/C48H64O27/c1-5-22-24(26(42(62)64-3)17-68-44(22)74-46-39(60)36(57)33(54)28(15-49)70-46)13-31(52)67-19-30-35(56)38(59)41(48(72-30)66-12-11-20-7-9-21(51)10-8-20)73-32(53)14-25-23(6-2)45(69-18-27(25)43(63)65-4)75-47-40(61)37(58)34(55)29(16-50)71-47/h5-10,17-18,24-25,28-30,33-41,44-51,54-61H,11-16,19H2,1-4H3/b22-5-,23-6-. The number of carbonyl (C=O) groups excluding carboxylic acids is 4. The topological polar surface area (TPSA) is 402 Å². The van der Waals surface area contributed by atoms with Gasteiger partial charge in [-0.2, -0.15) is 0 Å². The van der Waals surface area contributed by atoms with Crippen molar-refractivity contribution in [3.05, 3.63) is 76.8 Å². The highest BCUT2D eigenvalue weighted by atomic mass is 16.8. The number of allylic oxidation sites excluding steroid dienone is 2. The van der Waals surface area contributed by atoms with Crippen molar-refractivity contribution in [2.75, 3.05) is 40.6 Å². The Kier molecular flexibility index (Phi) is 21.1. The number of hydrogen-bond acceptors (Lipinski definition) is 27. The van der Waals surface area contributed by atoms with Crippen LogP contribution in [-0.2, 0) is 82.4 Å². The average molecular weight is 1070 g/mol. The quantitative estimate of drug-likeness (QED) is 0.0360. The second-order valence-corrected chi connectivity index (χ2v) is 17.8. The van der Waals surface area contributed by atoms with Crippen LogP contribution in [-0.4, -0.2) is 225 Å². The van der Waals surface area contributed by atoms with Gasteiger partial charge >= 0.3 is 23.9 Å². The highest BCUT2D eigenvalue weighted by Gasteiger charge is 2.51. The minimum absolute atomic E-state index is 0.00290. The number of carbonyl (C=O) groups is 4. The Morgan fingerprint density at radius 2 is 1.04 bits per heavy atom. The van der Waals surface area contributed by atoms with Crippen LogP contribution in [0.15, 0.2) is 71.2 Å². The normalized spacial score (nSPS) is 37.1. The minimum Gasteiger partial charge on any atom is -0.508 e. The molecule has 0 radical (unpaired) electrons. The molecular weight excluding hydrogens is 1010 g/mol. The van der Waals surface area contributed by atoms with Crippen molar-refractivity contribution in [1.82, 2.24) is 0 Å². The van der Waals surface area contributed by atoms with Gasteiger partial charge in [-0.15, -0.1) is 0 Å². The third kappa shape index (κ3) is 13.7. The molecule has 75 heavy (non-hydrogen) atoms. The lowest BCUT2D eigenvalue weighted by molar-refractivity contribution is -0.327. The number of ether oxygens (including phenoxy) is 12. The van der Waals surface area contributed by atoms with E-state index >= 15 is 0 Å². The number of phenols is 1. The first-order valence-corrected chi connectivity index (χ1v) is 23.7. The van der Waals surface area contributed by atoms with E-state index in [2.05, 4.69) is 0 Å². The van der Waals surface area contributed by atoms with E-state index in [-0.39, 0.29) is 41.1 Å². The Bertz CT molecular complexity index is 2230. The number of aliphatic hydroxyl groups is 10. The molecule has 11 N–H and O–H groups in total. The predicted molar refractivity (Wildman–Crippen MR) is 243 cm³/mol. The molecule has 5 heterocycles. The fraction of sp³-hybridized carbons (Fsp3) is 0.625. The summed E-state index contributed by atoms with van der Waals surface area (Å²) in [5.74, 6) is -6.43. The number of aliphatic hydroxyl groups excluding tert-OH is 10. The molecule has 1 aromatic rings. The van der Waals surface area contributed by atoms with Crippen molar-refractivity contribution in [2.45, 2.75) is 138 Å². The van der Waals surface area contributed by atoms with Crippen LogP contribution in [0, 0.1) is 11.8 Å². The molecule has 0 bridgehead atoms. The van der Waals surface area contributed by atoms with Gasteiger partial charge in [-0.05, 0) is 38.0 Å². The van der Waals surface area contributed by atoms with E-state index in [1.807, 2.05) is 0 Å². The highest BCUT2D eigenvalue weighted by Crippen LogP contribution is 2.39. The van der Waals surface area contributed by atoms with Crippen LogP contribution in [0.4, 0.5) is 0 Å². The van der Waals surface area contributed by atoms with Crippen molar-refractivity contribution in [3.63, 3.8) is 0 Å². The second kappa shape index (κ2) is 26.7. The molecule has 0 aliphatic carbocycles. The summed E-state index contributed by atoms with van der Waals surface area (Å²) >= 11 is 0. The molecule has 19 unspecified atom stereocenters. The first-order chi connectivity index (χ1) is 35.8. The van der Waals surface area contributed by atoms with Gasteiger partial charge in [-0.25, -0.2) is 9.59 Å². The summed E-state index contributed by atoms with van der Waals surface area (Å²) in [7, 11) is 2.14. The zero-order chi connectivity index (χ0) is 54.8. The van der Waals surface area contributed by atoms with Crippen LogP contribution in [0.3, 0.4) is 0 Å². The molecule has 0 amide bonds. The molecule has 19 atom stereocenters. The minimum atomic E-state index is -2.00. The molecule has 6 rings (SSSR count). The molecule has 418 valence electrons. The Labute approximate surface area is 428 Å². The summed E-state index contributed by atoms with van der Waals surface area (Å²) in [6.07, 6.45) is -25.2. The van der Waals surface area contributed by atoms with Gasteiger partial charge in [-0.3, -0.25) is 9.59 Å². The predicted octanol–water partition coefficient (Wildman–Crippen LogP) is -3.78. The monoisotopic (exact) mass is 1070 g/mol. The van der Waals surface area contributed by atoms with Crippen LogP contribution < -0.4 is 0 Å².